The van der Waals surface area contributed by atoms with Crippen LogP contribution in [-0.4, -0.2) is 45.0 Å². The lowest BCUT2D eigenvalue weighted by molar-refractivity contribution is -0.146. The predicted octanol–water partition coefficient (Wildman–Crippen LogP) is 5.82. The van der Waals surface area contributed by atoms with Crippen molar-refractivity contribution >= 4 is 17.6 Å². The Morgan fingerprint density at radius 3 is 2.67 bits per heavy atom. The highest BCUT2D eigenvalue weighted by molar-refractivity contribution is 6.30. The minimum absolute atomic E-state index is 0.0885. The Morgan fingerprint density at radius 1 is 1.18 bits per heavy atom. The standard InChI is InChI=1S/C27H24ClF3N4O5/c1-38-21-5-3-4-17(24(21)39-2)18-10-14(11-22-32-13-16(40-22)7-9-23(36)37)25-33-34-26(27(29,30)31)35(25)20-8-6-15(28)12-19(18)20/h3-6,8,12-14,18H,7,9-11H2,1-2H3,(H,36,37). The first-order valence-electron chi connectivity index (χ1n) is 12.3. The molecule has 0 fully saturated rings. The number of methoxy groups -OCH3 is 2. The highest BCUT2D eigenvalue weighted by atomic mass is 35.5. The van der Waals surface area contributed by atoms with Crippen LogP contribution in [-0.2, 0) is 23.8 Å². The minimum atomic E-state index is -4.78. The summed E-state index contributed by atoms with van der Waals surface area (Å²) in [7, 11) is 3.00. The summed E-state index contributed by atoms with van der Waals surface area (Å²) in [6.45, 7) is 0. The third kappa shape index (κ3) is 5.23. The lowest BCUT2D eigenvalue weighted by Crippen LogP contribution is -2.16. The van der Waals surface area contributed by atoms with Gasteiger partial charge in [-0.25, -0.2) is 4.98 Å². The number of hydrogen-bond donors (Lipinski definition) is 1. The van der Waals surface area contributed by atoms with Crippen LogP contribution in [0.3, 0.4) is 0 Å². The first-order chi connectivity index (χ1) is 19.1. The van der Waals surface area contributed by atoms with Gasteiger partial charge in [0, 0.05) is 35.3 Å². The molecule has 0 saturated carbocycles. The van der Waals surface area contributed by atoms with E-state index in [1.165, 1.54) is 32.5 Å². The van der Waals surface area contributed by atoms with Crippen molar-refractivity contribution in [2.75, 3.05) is 14.2 Å². The van der Waals surface area contributed by atoms with Gasteiger partial charge in [0.1, 0.15) is 11.6 Å². The maximum atomic E-state index is 14.2. The van der Waals surface area contributed by atoms with Gasteiger partial charge in [-0.15, -0.1) is 10.2 Å². The zero-order valence-corrected chi connectivity index (χ0v) is 22.2. The van der Waals surface area contributed by atoms with E-state index in [4.69, 9.17) is 30.6 Å². The van der Waals surface area contributed by atoms with Gasteiger partial charge in [0.25, 0.3) is 0 Å². The van der Waals surface area contributed by atoms with E-state index in [9.17, 15) is 18.0 Å². The molecule has 4 aromatic rings. The van der Waals surface area contributed by atoms with Crippen molar-refractivity contribution < 1.29 is 37.0 Å². The normalized spacial score (nSPS) is 16.6. The summed E-state index contributed by atoms with van der Waals surface area (Å²) in [5.74, 6) is -1.67. The minimum Gasteiger partial charge on any atom is -0.493 e. The molecule has 1 aliphatic heterocycles. The Balaban J connectivity index is 1.68. The maximum Gasteiger partial charge on any atom is 0.452 e. The molecule has 5 rings (SSSR count). The number of carboxylic acids is 1. The Kier molecular flexibility index (Phi) is 7.45. The summed E-state index contributed by atoms with van der Waals surface area (Å²) >= 11 is 6.38. The van der Waals surface area contributed by atoms with Crippen LogP contribution in [0.2, 0.25) is 5.02 Å². The summed E-state index contributed by atoms with van der Waals surface area (Å²) in [6, 6.07) is 10.0. The summed E-state index contributed by atoms with van der Waals surface area (Å²) < 4.78 is 60.6. The molecule has 0 saturated heterocycles. The second-order valence-electron chi connectivity index (χ2n) is 9.30. The number of oxazole rings is 1. The van der Waals surface area contributed by atoms with E-state index in [1.807, 2.05) is 6.07 Å². The number of para-hydroxylation sites is 1. The van der Waals surface area contributed by atoms with Gasteiger partial charge in [-0.05, 0) is 36.2 Å². The second kappa shape index (κ2) is 10.8. The average molecular weight is 577 g/mol. The fourth-order valence-electron chi connectivity index (χ4n) is 5.16. The van der Waals surface area contributed by atoms with Gasteiger partial charge in [0.2, 0.25) is 5.82 Å². The van der Waals surface area contributed by atoms with Crippen molar-refractivity contribution in [3.63, 3.8) is 0 Å². The van der Waals surface area contributed by atoms with Crippen molar-refractivity contribution in [1.82, 2.24) is 19.7 Å². The quantitative estimate of drug-likeness (QED) is 0.279. The van der Waals surface area contributed by atoms with Gasteiger partial charge in [-0.1, -0.05) is 23.7 Å². The number of aromatic nitrogens is 4. The van der Waals surface area contributed by atoms with Gasteiger partial charge in [0.15, 0.2) is 17.4 Å². The first kappa shape index (κ1) is 27.5. The monoisotopic (exact) mass is 576 g/mol. The van der Waals surface area contributed by atoms with E-state index in [2.05, 4.69) is 15.2 Å². The molecular weight excluding hydrogens is 553 g/mol. The van der Waals surface area contributed by atoms with Gasteiger partial charge >= 0.3 is 12.1 Å². The van der Waals surface area contributed by atoms with Crippen LogP contribution in [0, 0.1) is 0 Å². The molecule has 2 aromatic carbocycles. The zero-order chi connectivity index (χ0) is 28.6. The molecule has 13 heteroatoms. The third-order valence-corrected chi connectivity index (χ3v) is 7.08. The Morgan fingerprint density at radius 2 is 1.98 bits per heavy atom. The third-order valence-electron chi connectivity index (χ3n) is 6.85. The molecule has 0 aliphatic carbocycles. The molecule has 2 atom stereocenters. The number of ether oxygens (including phenoxy) is 2. The molecule has 2 aromatic heterocycles. The van der Waals surface area contributed by atoms with E-state index in [0.29, 0.717) is 33.4 Å². The Hall–Kier alpha value is -4.06. The molecule has 0 bridgehead atoms. The number of benzene rings is 2. The van der Waals surface area contributed by atoms with Crippen molar-refractivity contribution in [2.24, 2.45) is 0 Å². The number of rotatable bonds is 8. The molecule has 0 amide bonds. The number of aryl methyl sites for hydroxylation is 1. The van der Waals surface area contributed by atoms with Gasteiger partial charge in [-0.3, -0.25) is 9.36 Å². The highest BCUT2D eigenvalue weighted by Gasteiger charge is 2.43. The number of fused-ring (bicyclic) bond motifs is 3. The largest absolute Gasteiger partial charge is 0.493 e. The summed E-state index contributed by atoms with van der Waals surface area (Å²) in [5.41, 5.74) is 1.46. The molecule has 9 nitrogen and oxygen atoms in total. The average Bonchev–Trinajstić information content (AvgIpc) is 3.54. The van der Waals surface area contributed by atoms with Crippen LogP contribution >= 0.6 is 11.6 Å². The van der Waals surface area contributed by atoms with Gasteiger partial charge in [-0.2, -0.15) is 13.2 Å². The fraction of sp³-hybridized carbons (Fsp3) is 0.333. The number of alkyl halides is 3. The molecule has 210 valence electrons. The van der Waals surface area contributed by atoms with Gasteiger partial charge in [0.05, 0.1) is 32.5 Å². The Labute approximate surface area is 231 Å². The van der Waals surface area contributed by atoms with Crippen LogP contribution in [0.15, 0.2) is 47.0 Å². The topological polar surface area (TPSA) is 113 Å². The smallest absolute Gasteiger partial charge is 0.452 e. The Bertz CT molecular complexity index is 1550. The van der Waals surface area contributed by atoms with Gasteiger partial charge < -0.3 is 19.0 Å². The first-order valence-corrected chi connectivity index (χ1v) is 12.7. The SMILES string of the molecule is COc1cccc(C2CC(Cc3ncc(CCC(=O)O)o3)c3nnc(C(F)(F)F)n3-c3ccc(Cl)cc32)c1OC. The van der Waals surface area contributed by atoms with E-state index in [0.717, 1.165) is 4.57 Å². The van der Waals surface area contributed by atoms with Crippen molar-refractivity contribution in [3.8, 4) is 17.2 Å². The molecular formula is C27H24ClF3N4O5. The van der Waals surface area contributed by atoms with Crippen LogP contribution in [0.4, 0.5) is 13.2 Å². The van der Waals surface area contributed by atoms with E-state index in [1.54, 1.807) is 18.2 Å². The number of carbonyl (C=O) groups is 1. The van der Waals surface area contributed by atoms with Crippen LogP contribution in [0.5, 0.6) is 11.5 Å². The number of aliphatic carboxylic acids is 1. The number of hydrogen-bond acceptors (Lipinski definition) is 7. The van der Waals surface area contributed by atoms with Crippen molar-refractivity contribution in [1.29, 1.82) is 0 Å². The molecule has 3 heterocycles. The van der Waals surface area contributed by atoms with Crippen LogP contribution in [0.25, 0.3) is 5.69 Å². The predicted molar refractivity (Wildman–Crippen MR) is 136 cm³/mol. The zero-order valence-electron chi connectivity index (χ0n) is 21.4. The van der Waals surface area contributed by atoms with Crippen LogP contribution < -0.4 is 9.47 Å². The van der Waals surface area contributed by atoms with Crippen LogP contribution in [0.1, 0.15) is 59.1 Å². The molecule has 2 unspecified atom stereocenters. The van der Waals surface area contributed by atoms with Crippen molar-refractivity contribution in [2.45, 2.75) is 43.7 Å². The lowest BCUT2D eigenvalue weighted by Gasteiger charge is -2.24. The molecule has 1 N–H and O–H groups in total. The van der Waals surface area contributed by atoms with Crippen molar-refractivity contribution in [3.05, 3.63) is 82.0 Å². The number of carboxylic acid groups (broad SMARTS) is 1. The number of halogens is 4. The molecule has 1 aliphatic rings. The fourth-order valence-corrected chi connectivity index (χ4v) is 5.34. The summed E-state index contributed by atoms with van der Waals surface area (Å²) in [5, 5.41) is 16.9. The maximum absolute atomic E-state index is 14.2. The molecule has 0 radical (unpaired) electrons. The summed E-state index contributed by atoms with van der Waals surface area (Å²) in [4.78, 5) is 15.2. The summed E-state index contributed by atoms with van der Waals surface area (Å²) in [6.07, 6.45) is -3.00. The second-order valence-corrected chi connectivity index (χ2v) is 9.74. The highest BCUT2D eigenvalue weighted by Crippen LogP contribution is 2.48. The van der Waals surface area contributed by atoms with E-state index in [-0.39, 0.29) is 43.1 Å². The molecule has 40 heavy (non-hydrogen) atoms. The lowest BCUT2D eigenvalue weighted by atomic mass is 9.82. The van der Waals surface area contributed by atoms with E-state index >= 15 is 0 Å². The molecule has 0 spiro atoms. The van der Waals surface area contributed by atoms with E-state index < -0.39 is 29.8 Å². The number of nitrogens with zero attached hydrogens (tertiary/aromatic N) is 4.